The first-order valence-corrected chi connectivity index (χ1v) is 6.80. The van der Waals surface area contributed by atoms with E-state index in [1.165, 1.54) is 5.56 Å². The van der Waals surface area contributed by atoms with Gasteiger partial charge in [-0.2, -0.15) is 0 Å². The van der Waals surface area contributed by atoms with E-state index in [0.717, 1.165) is 44.9 Å². The molecule has 0 unspecified atom stereocenters. The first-order valence-electron chi connectivity index (χ1n) is 6.80. The van der Waals surface area contributed by atoms with Crippen molar-refractivity contribution in [1.82, 2.24) is 4.90 Å². The van der Waals surface area contributed by atoms with Gasteiger partial charge in [-0.3, -0.25) is 0 Å². The zero-order valence-electron chi connectivity index (χ0n) is 11.9. The van der Waals surface area contributed by atoms with E-state index in [9.17, 15) is 0 Å². The van der Waals surface area contributed by atoms with E-state index >= 15 is 0 Å². The number of hydrogen-bond acceptors (Lipinski definition) is 4. The normalized spacial score (nSPS) is 18.5. The molecule has 2 N–H and O–H groups in total. The molecule has 0 atom stereocenters. The van der Waals surface area contributed by atoms with Gasteiger partial charge in [-0.25, -0.2) is 0 Å². The topological polar surface area (TPSA) is 47.7 Å². The molecule has 1 saturated heterocycles. The molecule has 0 aromatic heterocycles. The van der Waals surface area contributed by atoms with E-state index < -0.39 is 0 Å². The molecule has 0 saturated carbocycles. The minimum atomic E-state index is -0.116. The lowest BCUT2D eigenvalue weighted by Crippen LogP contribution is -2.52. The molecule has 4 heteroatoms. The summed E-state index contributed by atoms with van der Waals surface area (Å²) >= 11 is 0. The van der Waals surface area contributed by atoms with Gasteiger partial charge in [0.2, 0.25) is 0 Å². The van der Waals surface area contributed by atoms with Crippen LogP contribution < -0.4 is 10.5 Å². The Labute approximate surface area is 115 Å². The molecule has 4 nitrogen and oxygen atoms in total. The molecule has 1 aromatic carbocycles. The minimum Gasteiger partial charge on any atom is -0.496 e. The number of likely N-dealkylation sites (N-methyl/N-ethyl adjacent to an activating group) is 1. The van der Waals surface area contributed by atoms with Crippen LogP contribution in [-0.4, -0.2) is 44.4 Å². The Morgan fingerprint density at radius 1 is 1.32 bits per heavy atom. The molecular formula is C15H24N2O2. The summed E-state index contributed by atoms with van der Waals surface area (Å²) in [4.78, 5) is 2.27. The summed E-state index contributed by atoms with van der Waals surface area (Å²) in [7, 11) is 3.82. The van der Waals surface area contributed by atoms with E-state index in [-0.39, 0.29) is 5.54 Å². The molecule has 1 aliphatic rings. The Bertz CT molecular complexity index is 403. The maximum atomic E-state index is 6.43. The Morgan fingerprint density at radius 3 is 2.68 bits per heavy atom. The van der Waals surface area contributed by atoms with Crippen LogP contribution in [-0.2, 0) is 11.3 Å². The van der Waals surface area contributed by atoms with E-state index in [1.807, 2.05) is 18.2 Å². The van der Waals surface area contributed by atoms with E-state index in [4.69, 9.17) is 15.2 Å². The van der Waals surface area contributed by atoms with Crippen LogP contribution in [0.4, 0.5) is 0 Å². The number of benzene rings is 1. The number of para-hydroxylation sites is 1. The van der Waals surface area contributed by atoms with Gasteiger partial charge in [0.05, 0.1) is 7.11 Å². The van der Waals surface area contributed by atoms with Gasteiger partial charge in [-0.15, -0.1) is 0 Å². The van der Waals surface area contributed by atoms with Gasteiger partial charge in [0.1, 0.15) is 5.75 Å². The van der Waals surface area contributed by atoms with E-state index in [0.29, 0.717) is 0 Å². The first kappa shape index (κ1) is 14.3. The van der Waals surface area contributed by atoms with Crippen molar-refractivity contribution < 1.29 is 9.47 Å². The van der Waals surface area contributed by atoms with Gasteiger partial charge in [0, 0.05) is 37.4 Å². The van der Waals surface area contributed by atoms with Gasteiger partial charge in [-0.05, 0) is 26.0 Å². The smallest absolute Gasteiger partial charge is 0.123 e. The summed E-state index contributed by atoms with van der Waals surface area (Å²) in [6.45, 7) is 3.29. The van der Waals surface area contributed by atoms with Crippen LogP contribution in [0.25, 0.3) is 0 Å². The summed E-state index contributed by atoms with van der Waals surface area (Å²) in [5.74, 6) is 0.937. The van der Waals surface area contributed by atoms with E-state index in [1.54, 1.807) is 7.11 Å². The van der Waals surface area contributed by atoms with Crippen molar-refractivity contribution in [3.8, 4) is 5.75 Å². The SMILES string of the molecule is COc1ccccc1CN(C)CC1(N)CCOCC1. The van der Waals surface area contributed by atoms with E-state index in [2.05, 4.69) is 18.0 Å². The van der Waals surface area contributed by atoms with Gasteiger partial charge in [-0.1, -0.05) is 18.2 Å². The van der Waals surface area contributed by atoms with Crippen molar-refractivity contribution >= 4 is 0 Å². The van der Waals surface area contributed by atoms with Gasteiger partial charge in [0.15, 0.2) is 0 Å². The highest BCUT2D eigenvalue weighted by molar-refractivity contribution is 5.33. The number of ether oxygens (including phenoxy) is 2. The third kappa shape index (κ3) is 3.93. The molecule has 19 heavy (non-hydrogen) atoms. The second-order valence-electron chi connectivity index (χ2n) is 5.46. The average Bonchev–Trinajstić information content (AvgIpc) is 2.39. The fourth-order valence-corrected chi connectivity index (χ4v) is 2.65. The predicted octanol–water partition coefficient (Wildman–Crippen LogP) is 1.63. The molecule has 0 spiro atoms. The standard InChI is InChI=1S/C15H24N2O2/c1-17(12-15(16)7-9-19-10-8-15)11-13-5-3-4-6-14(13)18-2/h3-6H,7-12,16H2,1-2H3. The first-order chi connectivity index (χ1) is 9.13. The van der Waals surface area contributed by atoms with Crippen LogP contribution in [0.15, 0.2) is 24.3 Å². The second kappa shape index (κ2) is 6.37. The predicted molar refractivity (Wildman–Crippen MR) is 76.3 cm³/mol. The molecular weight excluding hydrogens is 240 g/mol. The maximum Gasteiger partial charge on any atom is 0.123 e. The summed E-state index contributed by atoms with van der Waals surface area (Å²) in [5.41, 5.74) is 7.51. The highest BCUT2D eigenvalue weighted by Crippen LogP contribution is 2.22. The van der Waals surface area contributed by atoms with Crippen LogP contribution in [0, 0.1) is 0 Å². The molecule has 0 aliphatic carbocycles. The van der Waals surface area contributed by atoms with Crippen molar-refractivity contribution in [2.75, 3.05) is 33.9 Å². The van der Waals surface area contributed by atoms with Crippen LogP contribution in [0.1, 0.15) is 18.4 Å². The Hall–Kier alpha value is -1.10. The van der Waals surface area contributed by atoms with Crippen LogP contribution in [0.2, 0.25) is 0 Å². The lowest BCUT2D eigenvalue weighted by atomic mass is 9.91. The molecule has 106 valence electrons. The van der Waals surface area contributed by atoms with Crippen molar-refractivity contribution in [1.29, 1.82) is 0 Å². The monoisotopic (exact) mass is 264 g/mol. The Morgan fingerprint density at radius 2 is 2.00 bits per heavy atom. The second-order valence-corrected chi connectivity index (χ2v) is 5.46. The number of nitrogens with zero attached hydrogens (tertiary/aromatic N) is 1. The quantitative estimate of drug-likeness (QED) is 0.878. The number of rotatable bonds is 5. The highest BCUT2D eigenvalue weighted by atomic mass is 16.5. The van der Waals surface area contributed by atoms with Gasteiger partial charge < -0.3 is 20.1 Å². The molecule has 0 bridgehead atoms. The molecule has 1 aromatic rings. The van der Waals surface area contributed by atoms with Crippen LogP contribution >= 0.6 is 0 Å². The third-order valence-electron chi connectivity index (χ3n) is 3.71. The summed E-state index contributed by atoms with van der Waals surface area (Å²) in [6, 6.07) is 8.13. The van der Waals surface area contributed by atoms with Crippen molar-refractivity contribution in [3.63, 3.8) is 0 Å². The summed E-state index contributed by atoms with van der Waals surface area (Å²) < 4.78 is 10.8. The van der Waals surface area contributed by atoms with Crippen LogP contribution in [0.5, 0.6) is 5.75 Å². The fraction of sp³-hybridized carbons (Fsp3) is 0.600. The molecule has 1 aliphatic heterocycles. The van der Waals surface area contributed by atoms with Crippen molar-refractivity contribution in [2.45, 2.75) is 24.9 Å². The van der Waals surface area contributed by atoms with Crippen molar-refractivity contribution in [3.05, 3.63) is 29.8 Å². The third-order valence-corrected chi connectivity index (χ3v) is 3.71. The summed E-state index contributed by atoms with van der Waals surface area (Å²) in [5, 5.41) is 0. The lowest BCUT2D eigenvalue weighted by Gasteiger charge is -2.36. The number of hydrogen-bond donors (Lipinski definition) is 1. The zero-order valence-corrected chi connectivity index (χ0v) is 11.9. The zero-order chi connectivity index (χ0) is 13.7. The average molecular weight is 264 g/mol. The van der Waals surface area contributed by atoms with Crippen molar-refractivity contribution in [2.24, 2.45) is 5.73 Å². The number of methoxy groups -OCH3 is 1. The molecule has 0 amide bonds. The van der Waals surface area contributed by atoms with Gasteiger partial charge in [0.25, 0.3) is 0 Å². The Kier molecular flexibility index (Phi) is 4.80. The molecule has 1 fully saturated rings. The van der Waals surface area contributed by atoms with Gasteiger partial charge >= 0.3 is 0 Å². The molecule has 2 rings (SSSR count). The maximum absolute atomic E-state index is 6.43. The highest BCUT2D eigenvalue weighted by Gasteiger charge is 2.29. The summed E-state index contributed by atoms with van der Waals surface area (Å²) in [6.07, 6.45) is 1.87. The molecule has 1 heterocycles. The number of nitrogens with two attached hydrogens (primary N) is 1. The largest absolute Gasteiger partial charge is 0.496 e. The minimum absolute atomic E-state index is 0.116. The Balaban J connectivity index is 1.95. The van der Waals surface area contributed by atoms with Crippen LogP contribution in [0.3, 0.4) is 0 Å². The lowest BCUT2D eigenvalue weighted by molar-refractivity contribution is 0.0402. The fourth-order valence-electron chi connectivity index (χ4n) is 2.65. The molecule has 0 radical (unpaired) electrons.